The van der Waals surface area contributed by atoms with Gasteiger partial charge in [-0.3, -0.25) is 4.72 Å². The Kier molecular flexibility index (Phi) is 4.70. The molecule has 2 rings (SSSR count). The summed E-state index contributed by atoms with van der Waals surface area (Å²) in [5, 5.41) is 0.288. The molecule has 2 aromatic rings. The third-order valence-electron chi connectivity index (χ3n) is 3.00. The van der Waals surface area contributed by atoms with Crippen LogP contribution in [-0.4, -0.2) is 14.7 Å². The van der Waals surface area contributed by atoms with Crippen molar-refractivity contribution in [3.63, 3.8) is 0 Å². The predicted molar refractivity (Wildman–Crippen MR) is 89.6 cm³/mol. The molecule has 0 bridgehead atoms. The number of hydrogen-bond donors (Lipinski definition) is 2. The van der Waals surface area contributed by atoms with E-state index in [1.165, 1.54) is 12.1 Å². The number of thioether (sulfide) groups is 1. The van der Waals surface area contributed by atoms with Crippen LogP contribution in [0.1, 0.15) is 5.56 Å². The predicted octanol–water partition coefficient (Wildman–Crippen LogP) is 3.75. The maximum absolute atomic E-state index is 12.5. The first-order valence-electron chi connectivity index (χ1n) is 6.06. The van der Waals surface area contributed by atoms with Crippen LogP contribution in [0.5, 0.6) is 0 Å². The Balaban J connectivity index is 2.38. The van der Waals surface area contributed by atoms with E-state index in [9.17, 15) is 8.42 Å². The standard InChI is InChI=1S/C14H15ClN2O2S2/c1-9-13(16)7-10(15)8-14(9)21(18,19)17-11-3-5-12(20-2)6-4-11/h3-8,17H,16H2,1-2H3. The van der Waals surface area contributed by atoms with Gasteiger partial charge < -0.3 is 5.73 Å². The summed E-state index contributed by atoms with van der Waals surface area (Å²) >= 11 is 7.48. The second-order valence-electron chi connectivity index (χ2n) is 4.45. The number of anilines is 2. The largest absolute Gasteiger partial charge is 0.398 e. The molecule has 0 unspecified atom stereocenters. The van der Waals surface area contributed by atoms with Gasteiger partial charge in [-0.15, -0.1) is 11.8 Å². The molecule has 0 amide bonds. The summed E-state index contributed by atoms with van der Waals surface area (Å²) in [5.74, 6) is 0. The average Bonchev–Trinajstić information content (AvgIpc) is 2.43. The van der Waals surface area contributed by atoms with Gasteiger partial charge in [-0.05, 0) is 55.1 Å². The minimum atomic E-state index is -3.73. The van der Waals surface area contributed by atoms with E-state index in [0.717, 1.165) is 4.90 Å². The SMILES string of the molecule is CSc1ccc(NS(=O)(=O)c2cc(Cl)cc(N)c2C)cc1. The molecule has 112 valence electrons. The molecule has 2 aromatic carbocycles. The Bertz CT molecular complexity index is 759. The first-order valence-corrected chi connectivity index (χ1v) is 9.14. The van der Waals surface area contributed by atoms with Gasteiger partial charge >= 0.3 is 0 Å². The molecule has 0 aliphatic rings. The van der Waals surface area contributed by atoms with Crippen molar-refractivity contribution in [3.8, 4) is 0 Å². The van der Waals surface area contributed by atoms with Crippen molar-refractivity contribution in [3.05, 3.63) is 47.0 Å². The fourth-order valence-electron chi connectivity index (χ4n) is 1.82. The normalized spacial score (nSPS) is 11.4. The van der Waals surface area contributed by atoms with Crippen LogP contribution >= 0.6 is 23.4 Å². The molecule has 0 aromatic heterocycles. The number of halogens is 1. The lowest BCUT2D eigenvalue weighted by Crippen LogP contribution is -2.15. The molecule has 0 spiro atoms. The van der Waals surface area contributed by atoms with Crippen LogP contribution in [0.3, 0.4) is 0 Å². The van der Waals surface area contributed by atoms with Crippen LogP contribution in [0.15, 0.2) is 46.2 Å². The van der Waals surface area contributed by atoms with Crippen LogP contribution < -0.4 is 10.5 Å². The highest BCUT2D eigenvalue weighted by Gasteiger charge is 2.19. The highest BCUT2D eigenvalue weighted by molar-refractivity contribution is 7.98. The van der Waals surface area contributed by atoms with Crippen LogP contribution in [0.2, 0.25) is 5.02 Å². The number of nitrogens with two attached hydrogens (primary N) is 1. The van der Waals surface area contributed by atoms with E-state index in [1.807, 2.05) is 18.4 Å². The Morgan fingerprint density at radius 1 is 1.19 bits per heavy atom. The summed E-state index contributed by atoms with van der Waals surface area (Å²) in [7, 11) is -3.73. The van der Waals surface area contributed by atoms with E-state index >= 15 is 0 Å². The van der Waals surface area contributed by atoms with Gasteiger partial charge in [0.1, 0.15) is 0 Å². The number of sulfonamides is 1. The first-order chi connectivity index (χ1) is 9.83. The molecule has 0 aliphatic carbocycles. The molecule has 4 nitrogen and oxygen atoms in total. The summed E-state index contributed by atoms with van der Waals surface area (Å²) in [6, 6.07) is 10.1. The van der Waals surface area contributed by atoms with Crippen molar-refractivity contribution in [1.82, 2.24) is 0 Å². The fraction of sp³-hybridized carbons (Fsp3) is 0.143. The van der Waals surface area contributed by atoms with E-state index in [-0.39, 0.29) is 9.92 Å². The van der Waals surface area contributed by atoms with Gasteiger partial charge in [-0.2, -0.15) is 0 Å². The third kappa shape index (κ3) is 3.64. The molecule has 21 heavy (non-hydrogen) atoms. The number of benzene rings is 2. The van der Waals surface area contributed by atoms with Gasteiger partial charge in [-0.25, -0.2) is 8.42 Å². The summed E-state index contributed by atoms with van der Waals surface area (Å²) in [6.45, 7) is 1.65. The Morgan fingerprint density at radius 2 is 1.81 bits per heavy atom. The highest BCUT2D eigenvalue weighted by atomic mass is 35.5. The highest BCUT2D eigenvalue weighted by Crippen LogP contribution is 2.28. The Morgan fingerprint density at radius 3 is 2.38 bits per heavy atom. The lowest BCUT2D eigenvalue weighted by Gasteiger charge is -2.12. The molecule has 0 heterocycles. The lowest BCUT2D eigenvalue weighted by atomic mass is 10.2. The first kappa shape index (κ1) is 16.0. The topological polar surface area (TPSA) is 72.2 Å². The van der Waals surface area contributed by atoms with E-state index in [4.69, 9.17) is 17.3 Å². The van der Waals surface area contributed by atoms with E-state index in [1.54, 1.807) is 30.8 Å². The van der Waals surface area contributed by atoms with Crippen molar-refractivity contribution >= 4 is 44.8 Å². The monoisotopic (exact) mass is 342 g/mol. The van der Waals surface area contributed by atoms with Gasteiger partial charge in [0.05, 0.1) is 4.90 Å². The summed E-state index contributed by atoms with van der Waals surface area (Å²) < 4.78 is 27.4. The molecule has 0 saturated heterocycles. The molecule has 7 heteroatoms. The van der Waals surface area contributed by atoms with Crippen molar-refractivity contribution < 1.29 is 8.42 Å². The van der Waals surface area contributed by atoms with Gasteiger partial charge in [-0.1, -0.05) is 11.6 Å². The van der Waals surface area contributed by atoms with Gasteiger partial charge in [0.25, 0.3) is 10.0 Å². The van der Waals surface area contributed by atoms with Gasteiger partial charge in [0.2, 0.25) is 0 Å². The molecule has 3 N–H and O–H groups in total. The van der Waals surface area contributed by atoms with E-state index in [0.29, 0.717) is 16.9 Å². The van der Waals surface area contributed by atoms with Crippen molar-refractivity contribution in [2.75, 3.05) is 16.7 Å². The summed E-state index contributed by atoms with van der Waals surface area (Å²) in [6.07, 6.45) is 1.96. The molecule has 0 saturated carbocycles. The molecular weight excluding hydrogens is 328 g/mol. The fourth-order valence-corrected chi connectivity index (χ4v) is 3.88. The second-order valence-corrected chi connectivity index (χ2v) is 7.42. The van der Waals surface area contributed by atoms with Crippen LogP contribution in [0, 0.1) is 6.92 Å². The second kappa shape index (κ2) is 6.17. The molecule has 0 radical (unpaired) electrons. The summed E-state index contributed by atoms with van der Waals surface area (Å²) in [5.41, 5.74) is 7.09. The molecule has 0 atom stereocenters. The van der Waals surface area contributed by atoms with Gasteiger partial charge in [0, 0.05) is 21.3 Å². The third-order valence-corrected chi connectivity index (χ3v) is 5.47. The average molecular weight is 343 g/mol. The van der Waals surface area contributed by atoms with E-state index in [2.05, 4.69) is 4.72 Å². The quantitative estimate of drug-likeness (QED) is 0.655. The maximum atomic E-state index is 12.5. The summed E-state index contributed by atoms with van der Waals surface area (Å²) in [4.78, 5) is 1.14. The molecular formula is C14H15ClN2O2S2. The minimum Gasteiger partial charge on any atom is -0.398 e. The number of nitrogen functional groups attached to an aromatic ring is 1. The zero-order valence-electron chi connectivity index (χ0n) is 11.6. The molecule has 0 aliphatic heterocycles. The number of nitrogens with one attached hydrogen (secondary N) is 1. The Hall–Kier alpha value is -1.37. The molecule has 0 fully saturated rings. The van der Waals surface area contributed by atoms with Crippen LogP contribution in [0.25, 0.3) is 0 Å². The smallest absolute Gasteiger partial charge is 0.262 e. The zero-order chi connectivity index (χ0) is 15.6. The van der Waals surface area contributed by atoms with Crippen LogP contribution in [-0.2, 0) is 10.0 Å². The number of hydrogen-bond acceptors (Lipinski definition) is 4. The van der Waals surface area contributed by atoms with Crippen molar-refractivity contribution in [1.29, 1.82) is 0 Å². The lowest BCUT2D eigenvalue weighted by molar-refractivity contribution is 0.600. The number of rotatable bonds is 4. The van der Waals surface area contributed by atoms with E-state index < -0.39 is 10.0 Å². The zero-order valence-corrected chi connectivity index (χ0v) is 13.9. The minimum absolute atomic E-state index is 0.0847. The van der Waals surface area contributed by atoms with Crippen LogP contribution in [0.4, 0.5) is 11.4 Å². The Labute approximate surface area is 133 Å². The van der Waals surface area contributed by atoms with Crippen molar-refractivity contribution in [2.45, 2.75) is 16.7 Å². The maximum Gasteiger partial charge on any atom is 0.262 e. The van der Waals surface area contributed by atoms with Crippen molar-refractivity contribution in [2.24, 2.45) is 0 Å². The van der Waals surface area contributed by atoms with Gasteiger partial charge in [0.15, 0.2) is 0 Å².